The van der Waals surface area contributed by atoms with Crippen molar-refractivity contribution in [1.29, 1.82) is 0 Å². The Morgan fingerprint density at radius 3 is 3.04 bits per heavy atom. The molecule has 2 fully saturated rings. The first kappa shape index (κ1) is 17.0. The van der Waals surface area contributed by atoms with Gasteiger partial charge in [-0.2, -0.15) is 5.10 Å². The molecule has 0 bridgehead atoms. The van der Waals surface area contributed by atoms with Crippen molar-refractivity contribution in [2.24, 2.45) is 0 Å². The predicted octanol–water partition coefficient (Wildman–Crippen LogP) is 0.441. The van der Waals surface area contributed by atoms with Crippen molar-refractivity contribution in [3.8, 4) is 0 Å². The maximum Gasteiger partial charge on any atom is 0.242 e. The van der Waals surface area contributed by atoms with E-state index in [1.54, 1.807) is 0 Å². The van der Waals surface area contributed by atoms with E-state index in [-0.39, 0.29) is 17.9 Å². The van der Waals surface area contributed by atoms with Crippen LogP contribution in [-0.4, -0.2) is 58.2 Å². The zero-order valence-electron chi connectivity index (χ0n) is 14.3. The number of nitrogens with zero attached hydrogens (tertiary/aromatic N) is 3. The molecule has 7 heteroatoms. The van der Waals surface area contributed by atoms with Gasteiger partial charge < -0.3 is 10.6 Å². The van der Waals surface area contributed by atoms with Crippen LogP contribution in [0, 0.1) is 6.92 Å². The van der Waals surface area contributed by atoms with E-state index in [4.69, 9.17) is 0 Å². The van der Waals surface area contributed by atoms with Crippen molar-refractivity contribution < 1.29 is 9.59 Å². The van der Waals surface area contributed by atoms with E-state index in [2.05, 4.69) is 20.6 Å². The lowest BCUT2D eigenvalue weighted by atomic mass is 10.1. The van der Waals surface area contributed by atoms with Crippen molar-refractivity contribution in [3.63, 3.8) is 0 Å². The van der Waals surface area contributed by atoms with Crippen LogP contribution in [0.15, 0.2) is 12.4 Å². The Bertz CT molecular complexity index is 585. The Kier molecular flexibility index (Phi) is 5.50. The molecule has 2 N–H and O–H groups in total. The molecule has 2 atom stereocenters. The van der Waals surface area contributed by atoms with Crippen LogP contribution in [0.1, 0.15) is 37.7 Å². The third-order valence-corrected chi connectivity index (χ3v) is 4.88. The molecule has 1 aromatic heterocycles. The average molecular weight is 333 g/mol. The number of aromatic nitrogens is 2. The fourth-order valence-corrected chi connectivity index (χ4v) is 3.59. The molecule has 132 valence electrons. The Balaban J connectivity index is 1.51. The fraction of sp³-hybridized carbons (Fsp3) is 0.706. The van der Waals surface area contributed by atoms with Crippen molar-refractivity contribution in [3.05, 3.63) is 18.0 Å². The monoisotopic (exact) mass is 333 g/mol. The van der Waals surface area contributed by atoms with E-state index in [0.29, 0.717) is 19.1 Å². The van der Waals surface area contributed by atoms with Gasteiger partial charge in [-0.1, -0.05) is 0 Å². The number of rotatable bonds is 5. The molecule has 0 aromatic carbocycles. The molecular formula is C17H27N5O2. The molecule has 1 aromatic rings. The van der Waals surface area contributed by atoms with Crippen LogP contribution in [0.25, 0.3) is 0 Å². The van der Waals surface area contributed by atoms with E-state index in [1.165, 1.54) is 0 Å². The smallest absolute Gasteiger partial charge is 0.242 e. The summed E-state index contributed by atoms with van der Waals surface area (Å²) in [6.07, 6.45) is 8.75. The number of amides is 2. The molecule has 2 amide bonds. The molecule has 0 saturated carbocycles. The predicted molar refractivity (Wildman–Crippen MR) is 90.4 cm³/mol. The Labute approximate surface area is 142 Å². The Morgan fingerprint density at radius 2 is 2.25 bits per heavy atom. The van der Waals surface area contributed by atoms with Crippen LogP contribution in [0.3, 0.4) is 0 Å². The van der Waals surface area contributed by atoms with Crippen LogP contribution in [0.5, 0.6) is 0 Å². The van der Waals surface area contributed by atoms with Gasteiger partial charge >= 0.3 is 0 Å². The van der Waals surface area contributed by atoms with Gasteiger partial charge in [0, 0.05) is 18.8 Å². The normalized spacial score (nSPS) is 25.3. The minimum atomic E-state index is -0.380. The zero-order chi connectivity index (χ0) is 16.9. The highest BCUT2D eigenvalue weighted by atomic mass is 16.2. The fourth-order valence-electron chi connectivity index (χ4n) is 3.59. The quantitative estimate of drug-likeness (QED) is 0.819. The van der Waals surface area contributed by atoms with Crippen LogP contribution < -0.4 is 10.6 Å². The number of likely N-dealkylation sites (tertiary alicyclic amines) is 1. The maximum atomic E-state index is 12.4. The second-order valence-corrected chi connectivity index (χ2v) is 6.91. The number of carbonyl (C=O) groups is 2. The summed E-state index contributed by atoms with van der Waals surface area (Å²) in [5, 5.41) is 10.1. The van der Waals surface area contributed by atoms with Crippen LogP contribution in [-0.2, 0) is 16.1 Å². The van der Waals surface area contributed by atoms with Gasteiger partial charge in [-0.15, -0.1) is 0 Å². The summed E-state index contributed by atoms with van der Waals surface area (Å²) in [4.78, 5) is 26.5. The lowest BCUT2D eigenvalue weighted by Crippen LogP contribution is -2.49. The zero-order valence-corrected chi connectivity index (χ0v) is 14.3. The van der Waals surface area contributed by atoms with Gasteiger partial charge in [-0.25, -0.2) is 0 Å². The number of hydrogen-bond acceptors (Lipinski definition) is 4. The van der Waals surface area contributed by atoms with Gasteiger partial charge in [0.2, 0.25) is 11.8 Å². The lowest BCUT2D eigenvalue weighted by Gasteiger charge is -2.25. The molecule has 3 heterocycles. The van der Waals surface area contributed by atoms with E-state index < -0.39 is 0 Å². The molecule has 2 aliphatic rings. The van der Waals surface area contributed by atoms with Crippen molar-refractivity contribution >= 4 is 11.8 Å². The van der Waals surface area contributed by atoms with Gasteiger partial charge in [0.05, 0.1) is 19.3 Å². The summed E-state index contributed by atoms with van der Waals surface area (Å²) in [5.41, 5.74) is 1.15. The highest BCUT2D eigenvalue weighted by Gasteiger charge is 2.28. The summed E-state index contributed by atoms with van der Waals surface area (Å²) in [6, 6.07) is -0.0483. The largest absolute Gasteiger partial charge is 0.354 e. The number of aryl methyl sites for hydroxylation is 1. The van der Waals surface area contributed by atoms with E-state index in [0.717, 1.165) is 50.8 Å². The van der Waals surface area contributed by atoms with E-state index >= 15 is 0 Å². The van der Waals surface area contributed by atoms with Gasteiger partial charge in [-0.05, 0) is 51.1 Å². The number of nitrogens with one attached hydrogen (secondary N) is 2. The Hall–Kier alpha value is -1.89. The summed E-state index contributed by atoms with van der Waals surface area (Å²) < 4.78 is 1.95. The third-order valence-electron chi connectivity index (χ3n) is 4.88. The molecule has 0 aliphatic carbocycles. The van der Waals surface area contributed by atoms with Crippen molar-refractivity contribution in [2.45, 2.75) is 57.7 Å². The lowest BCUT2D eigenvalue weighted by molar-refractivity contribution is -0.129. The van der Waals surface area contributed by atoms with Gasteiger partial charge in [0.25, 0.3) is 0 Å². The van der Waals surface area contributed by atoms with E-state index in [1.807, 2.05) is 24.0 Å². The first-order valence-corrected chi connectivity index (χ1v) is 8.92. The first-order valence-electron chi connectivity index (χ1n) is 8.92. The van der Waals surface area contributed by atoms with Crippen LogP contribution >= 0.6 is 0 Å². The molecule has 2 unspecified atom stereocenters. The van der Waals surface area contributed by atoms with Gasteiger partial charge in [-0.3, -0.25) is 19.2 Å². The SMILES string of the molecule is Cc1cnn(CC2CCCN2CC(=O)NC2CCCCNC2=O)c1. The topological polar surface area (TPSA) is 79.3 Å². The molecule has 0 radical (unpaired) electrons. The Morgan fingerprint density at radius 1 is 1.38 bits per heavy atom. The molecular weight excluding hydrogens is 306 g/mol. The highest BCUT2D eigenvalue weighted by Crippen LogP contribution is 2.18. The molecule has 7 nitrogen and oxygen atoms in total. The molecule has 24 heavy (non-hydrogen) atoms. The molecule has 2 aliphatic heterocycles. The molecule has 3 rings (SSSR count). The number of carbonyl (C=O) groups excluding carboxylic acids is 2. The second-order valence-electron chi connectivity index (χ2n) is 6.91. The number of hydrogen-bond donors (Lipinski definition) is 2. The van der Waals surface area contributed by atoms with Crippen molar-refractivity contribution in [1.82, 2.24) is 25.3 Å². The summed E-state index contributed by atoms with van der Waals surface area (Å²) in [6.45, 7) is 4.83. The maximum absolute atomic E-state index is 12.4. The van der Waals surface area contributed by atoms with Crippen LogP contribution in [0.4, 0.5) is 0 Å². The third kappa shape index (κ3) is 4.35. The average Bonchev–Trinajstić information content (AvgIpc) is 3.09. The molecule has 2 saturated heterocycles. The minimum Gasteiger partial charge on any atom is -0.354 e. The highest BCUT2D eigenvalue weighted by molar-refractivity contribution is 5.88. The summed E-state index contributed by atoms with van der Waals surface area (Å²) >= 11 is 0. The van der Waals surface area contributed by atoms with Crippen LogP contribution in [0.2, 0.25) is 0 Å². The second kappa shape index (κ2) is 7.79. The minimum absolute atomic E-state index is 0.0501. The summed E-state index contributed by atoms with van der Waals surface area (Å²) in [5.74, 6) is -0.105. The standard InChI is InChI=1S/C17H27N5O2/c1-13-9-19-22(10-13)11-14-5-4-8-21(14)12-16(23)20-15-6-2-3-7-18-17(15)24/h9-10,14-15H,2-8,11-12H2,1H3,(H,18,24)(H,20,23). The van der Waals surface area contributed by atoms with E-state index in [9.17, 15) is 9.59 Å². The van der Waals surface area contributed by atoms with Gasteiger partial charge in [0.15, 0.2) is 0 Å². The van der Waals surface area contributed by atoms with Gasteiger partial charge in [0.1, 0.15) is 6.04 Å². The molecule has 0 spiro atoms. The van der Waals surface area contributed by atoms with Crippen molar-refractivity contribution in [2.75, 3.05) is 19.6 Å². The summed E-state index contributed by atoms with van der Waals surface area (Å²) in [7, 11) is 0. The first-order chi connectivity index (χ1) is 11.6.